The van der Waals surface area contributed by atoms with Crippen molar-refractivity contribution in [1.82, 2.24) is 10.2 Å². The normalized spacial score (nSPS) is 18.3. The smallest absolute Gasteiger partial charge is 0.407 e. The number of ketones is 1. The van der Waals surface area contributed by atoms with Gasteiger partial charge >= 0.3 is 6.09 Å². The fraction of sp³-hybridized carbons (Fsp3) is 0.467. The number of benzene rings is 1. The van der Waals surface area contributed by atoms with Crippen LogP contribution in [0.1, 0.15) is 23.7 Å². The summed E-state index contributed by atoms with van der Waals surface area (Å²) in [5.41, 5.74) is 0.661. The third-order valence-corrected chi connectivity index (χ3v) is 3.52. The molecular formula is C15H20N2O4. The first kappa shape index (κ1) is 15.3. The van der Waals surface area contributed by atoms with Crippen molar-refractivity contribution in [2.24, 2.45) is 0 Å². The summed E-state index contributed by atoms with van der Waals surface area (Å²) >= 11 is 0. The molecule has 114 valence electrons. The number of amides is 1. The second kappa shape index (κ2) is 7.08. The van der Waals surface area contributed by atoms with Gasteiger partial charge in [0.15, 0.2) is 5.78 Å². The van der Waals surface area contributed by atoms with Crippen LogP contribution in [0.4, 0.5) is 4.79 Å². The van der Waals surface area contributed by atoms with Crippen molar-refractivity contribution in [2.75, 3.05) is 26.2 Å². The summed E-state index contributed by atoms with van der Waals surface area (Å²) in [4.78, 5) is 23.5. The van der Waals surface area contributed by atoms with Crippen LogP contribution in [-0.2, 0) is 0 Å². The Morgan fingerprint density at radius 2 is 2.10 bits per heavy atom. The van der Waals surface area contributed by atoms with Crippen molar-refractivity contribution in [3.05, 3.63) is 29.8 Å². The molecule has 1 aliphatic heterocycles. The molecule has 6 nitrogen and oxygen atoms in total. The molecule has 0 aliphatic carbocycles. The maximum absolute atomic E-state index is 11.2. The molecule has 0 bridgehead atoms. The van der Waals surface area contributed by atoms with Crippen molar-refractivity contribution in [3.63, 3.8) is 0 Å². The zero-order valence-corrected chi connectivity index (χ0v) is 12.0. The van der Waals surface area contributed by atoms with Crippen LogP contribution in [0.25, 0.3) is 0 Å². The number of carbonyl (C=O) groups is 2. The highest BCUT2D eigenvalue weighted by Gasteiger charge is 2.22. The molecule has 6 heteroatoms. The van der Waals surface area contributed by atoms with Gasteiger partial charge in [-0.25, -0.2) is 4.79 Å². The first-order valence-electron chi connectivity index (χ1n) is 7.01. The van der Waals surface area contributed by atoms with Crippen LogP contribution >= 0.6 is 0 Å². The van der Waals surface area contributed by atoms with E-state index in [0.29, 0.717) is 37.6 Å². The number of carboxylic acid groups (broad SMARTS) is 1. The average molecular weight is 292 g/mol. The highest BCUT2D eigenvalue weighted by molar-refractivity contribution is 5.94. The molecule has 1 aromatic carbocycles. The van der Waals surface area contributed by atoms with E-state index in [4.69, 9.17) is 9.84 Å². The molecule has 1 aromatic rings. The molecule has 0 aromatic heterocycles. The molecule has 1 heterocycles. The summed E-state index contributed by atoms with van der Waals surface area (Å²) in [6.45, 7) is 3.72. The summed E-state index contributed by atoms with van der Waals surface area (Å²) in [5, 5.41) is 12.3. The van der Waals surface area contributed by atoms with Gasteiger partial charge in [-0.1, -0.05) is 0 Å². The minimum atomic E-state index is -0.873. The van der Waals surface area contributed by atoms with E-state index in [-0.39, 0.29) is 11.8 Å². The minimum Gasteiger partial charge on any atom is -0.494 e. The lowest BCUT2D eigenvalue weighted by molar-refractivity contribution is 0.101. The van der Waals surface area contributed by atoms with Gasteiger partial charge in [0, 0.05) is 31.2 Å². The highest BCUT2D eigenvalue weighted by atomic mass is 16.5. The van der Waals surface area contributed by atoms with Crippen molar-refractivity contribution in [2.45, 2.75) is 19.4 Å². The van der Waals surface area contributed by atoms with Gasteiger partial charge in [0.25, 0.3) is 0 Å². The molecule has 0 spiro atoms. The monoisotopic (exact) mass is 292 g/mol. The van der Waals surface area contributed by atoms with Crippen LogP contribution in [0.5, 0.6) is 5.75 Å². The van der Waals surface area contributed by atoms with Gasteiger partial charge in [-0.2, -0.15) is 0 Å². The van der Waals surface area contributed by atoms with E-state index in [0.717, 1.165) is 6.42 Å². The maximum atomic E-state index is 11.2. The van der Waals surface area contributed by atoms with Crippen LogP contribution in [0.2, 0.25) is 0 Å². The second-order valence-corrected chi connectivity index (χ2v) is 5.10. The van der Waals surface area contributed by atoms with Gasteiger partial charge in [-0.05, 0) is 37.6 Å². The topological polar surface area (TPSA) is 78.9 Å². The number of Topliss-reactive ketones (excluding diaryl/α,β-unsaturated/α-hetero) is 1. The van der Waals surface area contributed by atoms with Crippen LogP contribution in [0.3, 0.4) is 0 Å². The molecule has 0 saturated carbocycles. The predicted octanol–water partition coefficient (Wildman–Crippen LogP) is 1.61. The number of nitrogens with zero attached hydrogens (tertiary/aromatic N) is 1. The molecule has 0 unspecified atom stereocenters. The van der Waals surface area contributed by atoms with Gasteiger partial charge in [-0.3, -0.25) is 4.79 Å². The van der Waals surface area contributed by atoms with Crippen molar-refractivity contribution in [3.8, 4) is 5.75 Å². The van der Waals surface area contributed by atoms with Crippen LogP contribution in [0, 0.1) is 0 Å². The Labute approximate surface area is 123 Å². The maximum Gasteiger partial charge on any atom is 0.407 e. The third kappa shape index (κ3) is 4.46. The zero-order chi connectivity index (χ0) is 15.2. The first-order chi connectivity index (χ1) is 10.1. The van der Waals surface area contributed by atoms with Crippen LogP contribution in [0.15, 0.2) is 24.3 Å². The molecule has 1 amide bonds. The van der Waals surface area contributed by atoms with Gasteiger partial charge in [0.05, 0.1) is 6.61 Å². The Kier molecular flexibility index (Phi) is 5.16. The van der Waals surface area contributed by atoms with E-state index in [9.17, 15) is 9.59 Å². The molecule has 2 N–H and O–H groups in total. The molecule has 21 heavy (non-hydrogen) atoms. The molecule has 1 aliphatic rings. The standard InChI is InChI=1S/C15H20N2O4/c1-11(18)12-2-4-14(5-3-12)21-9-6-13-10-17(15(19)20)8-7-16-13/h2-5,13,16H,6-10H2,1H3,(H,19,20)/t13-/m1/s1. The Morgan fingerprint density at radius 3 is 2.71 bits per heavy atom. The summed E-state index contributed by atoms with van der Waals surface area (Å²) in [6, 6.07) is 7.14. The number of carbonyl (C=O) groups excluding carboxylic acids is 1. The molecule has 1 atom stereocenters. The van der Waals surface area contributed by atoms with Crippen molar-refractivity contribution < 1.29 is 19.4 Å². The zero-order valence-electron chi connectivity index (χ0n) is 12.0. The molecule has 0 radical (unpaired) electrons. The van der Waals surface area contributed by atoms with E-state index < -0.39 is 6.09 Å². The number of nitrogens with one attached hydrogen (secondary N) is 1. The Bertz CT molecular complexity index is 501. The lowest BCUT2D eigenvalue weighted by Crippen LogP contribution is -2.52. The van der Waals surface area contributed by atoms with Crippen molar-refractivity contribution >= 4 is 11.9 Å². The lowest BCUT2D eigenvalue weighted by Gasteiger charge is -2.31. The Hall–Kier alpha value is -2.08. The second-order valence-electron chi connectivity index (χ2n) is 5.10. The first-order valence-corrected chi connectivity index (χ1v) is 7.01. The van der Waals surface area contributed by atoms with Crippen molar-refractivity contribution in [1.29, 1.82) is 0 Å². The number of rotatable bonds is 5. The van der Waals surface area contributed by atoms with Crippen LogP contribution < -0.4 is 10.1 Å². The average Bonchev–Trinajstić information content (AvgIpc) is 2.48. The van der Waals surface area contributed by atoms with E-state index in [1.54, 1.807) is 24.3 Å². The quantitative estimate of drug-likeness (QED) is 0.806. The lowest BCUT2D eigenvalue weighted by atomic mass is 10.1. The SMILES string of the molecule is CC(=O)c1ccc(OCC[C@@H]2CN(C(=O)O)CCN2)cc1. The number of ether oxygens (including phenoxy) is 1. The molecular weight excluding hydrogens is 272 g/mol. The Morgan fingerprint density at radius 1 is 1.38 bits per heavy atom. The molecule has 2 rings (SSSR count). The molecule has 1 saturated heterocycles. The highest BCUT2D eigenvalue weighted by Crippen LogP contribution is 2.13. The fourth-order valence-corrected chi connectivity index (χ4v) is 2.30. The minimum absolute atomic E-state index is 0.0294. The van der Waals surface area contributed by atoms with E-state index >= 15 is 0 Å². The number of hydrogen-bond acceptors (Lipinski definition) is 4. The van der Waals surface area contributed by atoms with Crippen LogP contribution in [-0.4, -0.2) is 54.2 Å². The summed E-state index contributed by atoms with van der Waals surface area (Å²) in [5.74, 6) is 0.743. The number of piperazine rings is 1. The summed E-state index contributed by atoms with van der Waals surface area (Å²) < 4.78 is 5.62. The van der Waals surface area contributed by atoms with Gasteiger partial charge in [0.2, 0.25) is 0 Å². The van der Waals surface area contributed by atoms with Gasteiger partial charge < -0.3 is 20.1 Å². The summed E-state index contributed by atoms with van der Waals surface area (Å²) in [6.07, 6.45) is -0.139. The largest absolute Gasteiger partial charge is 0.494 e. The molecule has 1 fully saturated rings. The number of hydrogen-bond donors (Lipinski definition) is 2. The summed E-state index contributed by atoms with van der Waals surface area (Å²) in [7, 11) is 0. The van der Waals surface area contributed by atoms with E-state index in [1.807, 2.05) is 0 Å². The predicted molar refractivity (Wildman–Crippen MR) is 77.9 cm³/mol. The fourth-order valence-electron chi connectivity index (χ4n) is 2.30. The van der Waals surface area contributed by atoms with Gasteiger partial charge in [0.1, 0.15) is 5.75 Å². The third-order valence-electron chi connectivity index (χ3n) is 3.52. The van der Waals surface area contributed by atoms with E-state index in [2.05, 4.69) is 5.32 Å². The van der Waals surface area contributed by atoms with Gasteiger partial charge in [-0.15, -0.1) is 0 Å². The van der Waals surface area contributed by atoms with E-state index in [1.165, 1.54) is 11.8 Å². The Balaban J connectivity index is 1.76.